The van der Waals surface area contributed by atoms with Crippen LogP contribution in [0.1, 0.15) is 6.42 Å². The molecule has 1 N–H and O–H groups in total. The van der Waals surface area contributed by atoms with Gasteiger partial charge in [-0.1, -0.05) is 0 Å². The smallest absolute Gasteiger partial charge is 0.322 e. The quantitative estimate of drug-likeness (QED) is 0.774. The van der Waals surface area contributed by atoms with Crippen LogP contribution < -0.4 is 10.2 Å². The van der Waals surface area contributed by atoms with Crippen molar-refractivity contribution in [1.29, 1.82) is 0 Å². The highest BCUT2D eigenvalue weighted by Crippen LogP contribution is 2.30. The van der Waals surface area contributed by atoms with Crippen molar-refractivity contribution in [2.75, 3.05) is 25.0 Å². The Morgan fingerprint density at radius 3 is 3.12 bits per heavy atom. The van der Waals surface area contributed by atoms with Crippen LogP contribution in [0.3, 0.4) is 0 Å². The first-order valence-electron chi connectivity index (χ1n) is 5.96. The van der Waals surface area contributed by atoms with Crippen molar-refractivity contribution in [3.63, 3.8) is 0 Å². The van der Waals surface area contributed by atoms with Crippen LogP contribution in [0.15, 0.2) is 24.5 Å². The number of hydrogen-bond donors (Lipinski definition) is 1. The van der Waals surface area contributed by atoms with Gasteiger partial charge in [0.15, 0.2) is 0 Å². The Morgan fingerprint density at radius 1 is 1.47 bits per heavy atom. The van der Waals surface area contributed by atoms with Gasteiger partial charge in [-0.2, -0.15) is 0 Å². The summed E-state index contributed by atoms with van der Waals surface area (Å²) in [6.45, 7) is 1.84. The monoisotopic (exact) mass is 232 g/mol. The number of pyridine rings is 1. The van der Waals surface area contributed by atoms with E-state index >= 15 is 0 Å². The normalized spacial score (nSPS) is 28.4. The first kappa shape index (κ1) is 10.5. The lowest BCUT2D eigenvalue weighted by Gasteiger charge is -2.31. The van der Waals surface area contributed by atoms with Gasteiger partial charge in [-0.3, -0.25) is 9.88 Å². The number of hydrogen-bond acceptors (Lipinski definition) is 3. The minimum absolute atomic E-state index is 0.0803. The highest BCUT2D eigenvalue weighted by molar-refractivity contribution is 5.95. The number of urea groups is 1. The maximum absolute atomic E-state index is 12.3. The number of likely N-dealkylation sites (N-methyl/N-ethyl adjacent to an activating group) is 1. The molecule has 0 radical (unpaired) electrons. The van der Waals surface area contributed by atoms with Crippen molar-refractivity contribution in [2.24, 2.45) is 0 Å². The summed E-state index contributed by atoms with van der Waals surface area (Å²) in [6, 6.07) is 4.44. The van der Waals surface area contributed by atoms with Gasteiger partial charge in [-0.25, -0.2) is 4.79 Å². The van der Waals surface area contributed by atoms with Crippen LogP contribution in [0.5, 0.6) is 0 Å². The van der Waals surface area contributed by atoms with Crippen molar-refractivity contribution in [1.82, 2.24) is 15.2 Å². The Bertz CT molecular complexity index is 422. The minimum Gasteiger partial charge on any atom is -0.322 e. The second kappa shape index (κ2) is 4.00. The topological polar surface area (TPSA) is 48.5 Å². The number of nitrogens with zero attached hydrogens (tertiary/aromatic N) is 3. The second-order valence-corrected chi connectivity index (χ2v) is 4.60. The molecule has 90 valence electrons. The molecular weight excluding hydrogens is 216 g/mol. The van der Waals surface area contributed by atoms with E-state index in [1.165, 1.54) is 0 Å². The molecule has 2 atom stereocenters. The van der Waals surface area contributed by atoms with Gasteiger partial charge in [0, 0.05) is 19.8 Å². The van der Waals surface area contributed by atoms with E-state index in [4.69, 9.17) is 0 Å². The summed E-state index contributed by atoms with van der Waals surface area (Å²) in [5.74, 6) is 0. The number of anilines is 1. The fourth-order valence-corrected chi connectivity index (χ4v) is 2.80. The highest BCUT2D eigenvalue weighted by Gasteiger charge is 2.45. The standard InChI is InChI=1S/C12H16N4O/c1-15-10-4-6-14-8-11(10)16(12(15)17)9-3-2-5-13-7-9/h2-3,5,7,10-11,14H,4,6,8H2,1H3/t10-,11+/m0/s1. The highest BCUT2D eigenvalue weighted by atomic mass is 16.2. The Labute approximate surface area is 100 Å². The van der Waals surface area contributed by atoms with Gasteiger partial charge in [0.2, 0.25) is 0 Å². The molecule has 2 aliphatic heterocycles. The fraction of sp³-hybridized carbons (Fsp3) is 0.500. The van der Waals surface area contributed by atoms with Gasteiger partial charge in [0.05, 0.1) is 24.0 Å². The second-order valence-electron chi connectivity index (χ2n) is 4.60. The van der Waals surface area contributed by atoms with Crippen LogP contribution in [0, 0.1) is 0 Å². The first-order chi connectivity index (χ1) is 8.29. The molecule has 3 heterocycles. The summed E-state index contributed by atoms with van der Waals surface area (Å²) in [6.07, 6.45) is 4.50. The van der Waals surface area contributed by atoms with E-state index in [1.807, 2.05) is 29.0 Å². The van der Waals surface area contributed by atoms with Gasteiger partial charge < -0.3 is 10.2 Å². The molecule has 0 spiro atoms. The average molecular weight is 232 g/mol. The molecule has 1 aromatic rings. The average Bonchev–Trinajstić information content (AvgIpc) is 2.64. The van der Waals surface area contributed by atoms with E-state index in [2.05, 4.69) is 10.3 Å². The number of fused-ring (bicyclic) bond motifs is 1. The molecule has 5 nitrogen and oxygen atoms in total. The number of carbonyl (C=O) groups is 1. The largest absolute Gasteiger partial charge is 0.324 e. The number of aromatic nitrogens is 1. The van der Waals surface area contributed by atoms with Gasteiger partial charge in [-0.15, -0.1) is 0 Å². The molecular formula is C12H16N4O. The number of nitrogens with one attached hydrogen (secondary N) is 1. The Kier molecular flexibility index (Phi) is 2.48. The molecule has 0 unspecified atom stereocenters. The summed E-state index contributed by atoms with van der Waals surface area (Å²) in [7, 11) is 1.89. The molecule has 5 heteroatoms. The SMILES string of the molecule is CN1C(=O)N(c2cccnc2)[C@@H]2CNCC[C@@H]21. The van der Waals surface area contributed by atoms with Crippen LogP contribution in [-0.2, 0) is 0 Å². The number of amides is 2. The van der Waals surface area contributed by atoms with Crippen LogP contribution in [0.4, 0.5) is 10.5 Å². The molecule has 17 heavy (non-hydrogen) atoms. The molecule has 3 rings (SSSR count). The summed E-state index contributed by atoms with van der Waals surface area (Å²) in [5.41, 5.74) is 0.889. The number of carbonyl (C=O) groups excluding carboxylic acids is 1. The summed E-state index contributed by atoms with van der Waals surface area (Å²) in [5, 5.41) is 3.36. The summed E-state index contributed by atoms with van der Waals surface area (Å²) < 4.78 is 0. The van der Waals surface area contributed by atoms with E-state index in [1.54, 1.807) is 12.4 Å². The van der Waals surface area contributed by atoms with Crippen molar-refractivity contribution in [3.8, 4) is 0 Å². The van der Waals surface area contributed by atoms with Crippen molar-refractivity contribution in [2.45, 2.75) is 18.5 Å². The van der Waals surface area contributed by atoms with Crippen LogP contribution >= 0.6 is 0 Å². The lowest BCUT2D eigenvalue weighted by Crippen LogP contribution is -2.50. The third-order valence-electron chi connectivity index (χ3n) is 3.68. The zero-order valence-electron chi connectivity index (χ0n) is 9.84. The van der Waals surface area contributed by atoms with E-state index in [0.29, 0.717) is 6.04 Å². The Balaban J connectivity index is 1.96. The van der Waals surface area contributed by atoms with E-state index < -0.39 is 0 Å². The molecule has 0 aromatic carbocycles. The lowest BCUT2D eigenvalue weighted by molar-refractivity contribution is 0.211. The maximum atomic E-state index is 12.3. The van der Waals surface area contributed by atoms with Crippen molar-refractivity contribution < 1.29 is 4.79 Å². The zero-order valence-corrected chi connectivity index (χ0v) is 9.84. The predicted molar refractivity (Wildman–Crippen MR) is 64.9 cm³/mol. The lowest BCUT2D eigenvalue weighted by atomic mass is 10.0. The molecule has 0 bridgehead atoms. The van der Waals surface area contributed by atoms with Crippen LogP contribution in [0.25, 0.3) is 0 Å². The molecule has 1 aromatic heterocycles. The molecule has 0 saturated carbocycles. The molecule has 2 aliphatic rings. The Hall–Kier alpha value is -1.62. The summed E-state index contributed by atoms with van der Waals surface area (Å²) >= 11 is 0. The first-order valence-corrected chi connectivity index (χ1v) is 5.96. The van der Waals surface area contributed by atoms with Crippen LogP contribution in [-0.4, -0.2) is 48.1 Å². The van der Waals surface area contributed by atoms with Gasteiger partial charge in [0.1, 0.15) is 0 Å². The third kappa shape index (κ3) is 1.58. The molecule has 2 saturated heterocycles. The number of piperidine rings is 1. The van der Waals surface area contributed by atoms with E-state index in [0.717, 1.165) is 25.2 Å². The predicted octanol–water partition coefficient (Wildman–Crippen LogP) is 0.684. The van der Waals surface area contributed by atoms with Crippen LogP contribution in [0.2, 0.25) is 0 Å². The van der Waals surface area contributed by atoms with E-state index in [9.17, 15) is 4.79 Å². The van der Waals surface area contributed by atoms with Gasteiger partial charge in [0.25, 0.3) is 0 Å². The zero-order chi connectivity index (χ0) is 11.8. The van der Waals surface area contributed by atoms with Gasteiger partial charge >= 0.3 is 6.03 Å². The fourth-order valence-electron chi connectivity index (χ4n) is 2.80. The van der Waals surface area contributed by atoms with Gasteiger partial charge in [-0.05, 0) is 25.1 Å². The maximum Gasteiger partial charge on any atom is 0.324 e. The number of rotatable bonds is 1. The molecule has 2 fully saturated rings. The Morgan fingerprint density at radius 2 is 2.35 bits per heavy atom. The molecule has 2 amide bonds. The van der Waals surface area contributed by atoms with E-state index in [-0.39, 0.29) is 12.1 Å². The van der Waals surface area contributed by atoms with Crippen molar-refractivity contribution in [3.05, 3.63) is 24.5 Å². The minimum atomic E-state index is 0.0803. The van der Waals surface area contributed by atoms with Crippen molar-refractivity contribution >= 4 is 11.7 Å². The summed E-state index contributed by atoms with van der Waals surface area (Å²) in [4.78, 5) is 20.1. The molecule has 0 aliphatic carbocycles. The third-order valence-corrected chi connectivity index (χ3v) is 3.68.